The first-order valence-electron chi connectivity index (χ1n) is 10.3. The fraction of sp³-hybridized carbons (Fsp3) is 0.364. The molecule has 6 nitrogen and oxygen atoms in total. The maximum absolute atomic E-state index is 12.1. The number of piperazine rings is 1. The highest BCUT2D eigenvalue weighted by molar-refractivity contribution is 7.22. The molecule has 1 saturated heterocycles. The summed E-state index contributed by atoms with van der Waals surface area (Å²) in [6, 6.07) is 8.85. The number of fused-ring (bicyclic) bond motifs is 1. The molecule has 0 radical (unpaired) electrons. The molecule has 4 rings (SSSR count). The number of hydrogen-bond acceptors (Lipinski definition) is 6. The first kappa shape index (κ1) is 23.4. The lowest BCUT2D eigenvalue weighted by molar-refractivity contribution is -0.123. The fourth-order valence-corrected chi connectivity index (χ4v) is 5.36. The minimum atomic E-state index is -0.184. The average molecular weight is 514 g/mol. The summed E-state index contributed by atoms with van der Waals surface area (Å²) >= 11 is 19.9. The number of carbonyl (C=O) groups is 1. The number of thiazole rings is 1. The first-order chi connectivity index (χ1) is 15.4. The van der Waals surface area contributed by atoms with Gasteiger partial charge in [0.25, 0.3) is 5.91 Å². The summed E-state index contributed by atoms with van der Waals surface area (Å²) in [5.74, 6) is 0.255. The topological polar surface area (TPSA) is 57.7 Å². The van der Waals surface area contributed by atoms with Crippen molar-refractivity contribution >= 4 is 67.4 Å². The highest BCUT2D eigenvalue weighted by Crippen LogP contribution is 2.35. The molecule has 170 valence electrons. The molecule has 3 aromatic rings. The van der Waals surface area contributed by atoms with Crippen molar-refractivity contribution in [3.05, 3.63) is 51.0 Å². The molecular formula is C22H23Cl3N4O2S. The van der Waals surface area contributed by atoms with Crippen LogP contribution in [0.5, 0.6) is 5.75 Å². The molecule has 1 aliphatic rings. The third-order valence-electron chi connectivity index (χ3n) is 5.33. The van der Waals surface area contributed by atoms with Crippen LogP contribution in [0.25, 0.3) is 10.2 Å². The van der Waals surface area contributed by atoms with Gasteiger partial charge in [-0.25, -0.2) is 4.98 Å². The zero-order chi connectivity index (χ0) is 22.7. The van der Waals surface area contributed by atoms with Gasteiger partial charge in [-0.05, 0) is 36.8 Å². The molecule has 10 heteroatoms. The van der Waals surface area contributed by atoms with Gasteiger partial charge in [-0.1, -0.05) is 52.2 Å². The Hall–Kier alpha value is -1.77. The zero-order valence-corrected chi connectivity index (χ0v) is 20.6. The minimum Gasteiger partial charge on any atom is -0.482 e. The third-order valence-corrected chi connectivity index (χ3v) is 7.44. The SMILES string of the molecule is Cc1ccc(Cl)c2sc(N3CCN(CCNC(=O)COc4ccc(Cl)cc4Cl)CC3)nc12. The van der Waals surface area contributed by atoms with E-state index in [0.717, 1.165) is 58.7 Å². The van der Waals surface area contributed by atoms with Crippen LogP contribution < -0.4 is 15.0 Å². The Morgan fingerprint density at radius 3 is 2.62 bits per heavy atom. The molecule has 0 spiro atoms. The van der Waals surface area contributed by atoms with Crippen LogP contribution in [0.15, 0.2) is 30.3 Å². The number of ether oxygens (including phenoxy) is 1. The smallest absolute Gasteiger partial charge is 0.257 e. The van der Waals surface area contributed by atoms with E-state index >= 15 is 0 Å². The van der Waals surface area contributed by atoms with Gasteiger partial charge in [0.2, 0.25) is 0 Å². The van der Waals surface area contributed by atoms with E-state index in [9.17, 15) is 4.79 Å². The number of rotatable bonds is 7. The van der Waals surface area contributed by atoms with Crippen LogP contribution in [-0.4, -0.2) is 61.7 Å². The van der Waals surface area contributed by atoms with Crippen molar-refractivity contribution in [2.75, 3.05) is 50.8 Å². The van der Waals surface area contributed by atoms with Gasteiger partial charge < -0.3 is 15.0 Å². The van der Waals surface area contributed by atoms with Gasteiger partial charge in [-0.15, -0.1) is 0 Å². The van der Waals surface area contributed by atoms with E-state index in [1.54, 1.807) is 29.5 Å². The Morgan fingerprint density at radius 1 is 1.12 bits per heavy atom. The maximum atomic E-state index is 12.1. The monoisotopic (exact) mass is 512 g/mol. The molecule has 1 aliphatic heterocycles. The maximum Gasteiger partial charge on any atom is 0.257 e. The van der Waals surface area contributed by atoms with E-state index in [-0.39, 0.29) is 12.5 Å². The number of halogens is 3. The van der Waals surface area contributed by atoms with Gasteiger partial charge in [-0.2, -0.15) is 0 Å². The van der Waals surface area contributed by atoms with Crippen molar-refractivity contribution in [2.45, 2.75) is 6.92 Å². The Labute approximate surface area is 206 Å². The van der Waals surface area contributed by atoms with Gasteiger partial charge in [-0.3, -0.25) is 9.69 Å². The minimum absolute atomic E-state index is 0.0886. The molecule has 32 heavy (non-hydrogen) atoms. The molecule has 0 bridgehead atoms. The molecule has 0 saturated carbocycles. The van der Waals surface area contributed by atoms with Crippen molar-refractivity contribution in [3.63, 3.8) is 0 Å². The van der Waals surface area contributed by atoms with E-state index in [4.69, 9.17) is 44.5 Å². The van der Waals surface area contributed by atoms with E-state index in [1.807, 2.05) is 12.1 Å². The number of aryl methyl sites for hydroxylation is 1. The van der Waals surface area contributed by atoms with Crippen LogP contribution in [0.1, 0.15) is 5.56 Å². The van der Waals surface area contributed by atoms with Crippen molar-refractivity contribution in [2.24, 2.45) is 0 Å². The van der Waals surface area contributed by atoms with Crippen LogP contribution in [0.2, 0.25) is 15.1 Å². The fourth-order valence-electron chi connectivity index (χ4n) is 3.53. The van der Waals surface area contributed by atoms with Crippen LogP contribution >= 0.6 is 46.1 Å². The second kappa shape index (κ2) is 10.4. The van der Waals surface area contributed by atoms with Crippen LogP contribution in [0, 0.1) is 6.92 Å². The van der Waals surface area contributed by atoms with Crippen molar-refractivity contribution in [1.29, 1.82) is 0 Å². The number of carbonyl (C=O) groups excluding carboxylic acids is 1. The molecule has 0 unspecified atom stereocenters. The molecule has 1 aromatic heterocycles. The first-order valence-corrected chi connectivity index (χ1v) is 12.2. The largest absolute Gasteiger partial charge is 0.482 e. The highest BCUT2D eigenvalue weighted by Gasteiger charge is 2.21. The highest BCUT2D eigenvalue weighted by atomic mass is 35.5. The Balaban J connectivity index is 1.20. The lowest BCUT2D eigenvalue weighted by Crippen LogP contribution is -2.48. The molecule has 0 aliphatic carbocycles. The molecule has 1 N–H and O–H groups in total. The second-order valence-electron chi connectivity index (χ2n) is 7.58. The standard InChI is InChI=1S/C22H23Cl3N4O2S/c1-14-2-4-16(24)21-20(14)27-22(32-21)29-10-8-28(9-11-29)7-6-26-19(30)13-31-18-5-3-15(23)12-17(18)25/h2-5,12H,6-11,13H2,1H3,(H,26,30). The number of nitrogens with zero attached hydrogens (tertiary/aromatic N) is 3. The van der Waals surface area contributed by atoms with E-state index in [1.165, 1.54) is 0 Å². The normalized spacial score (nSPS) is 14.7. The molecular weight excluding hydrogens is 491 g/mol. The number of aromatic nitrogens is 1. The van der Waals surface area contributed by atoms with E-state index in [0.29, 0.717) is 22.3 Å². The molecule has 0 atom stereocenters. The van der Waals surface area contributed by atoms with Gasteiger partial charge in [0, 0.05) is 44.3 Å². The average Bonchev–Trinajstić information content (AvgIpc) is 3.23. The summed E-state index contributed by atoms with van der Waals surface area (Å²) < 4.78 is 6.51. The predicted molar refractivity (Wildman–Crippen MR) is 133 cm³/mol. The number of amides is 1. The number of nitrogens with one attached hydrogen (secondary N) is 1. The van der Waals surface area contributed by atoms with E-state index in [2.05, 4.69) is 22.0 Å². The number of hydrogen-bond donors (Lipinski definition) is 1. The Kier molecular flexibility index (Phi) is 7.63. The van der Waals surface area contributed by atoms with Crippen LogP contribution in [-0.2, 0) is 4.79 Å². The lowest BCUT2D eigenvalue weighted by atomic mass is 10.2. The van der Waals surface area contributed by atoms with Gasteiger partial charge in [0.15, 0.2) is 11.7 Å². The van der Waals surface area contributed by atoms with Crippen molar-refractivity contribution in [3.8, 4) is 5.75 Å². The van der Waals surface area contributed by atoms with Gasteiger partial charge in [0.05, 0.1) is 20.3 Å². The molecule has 2 heterocycles. The zero-order valence-electron chi connectivity index (χ0n) is 17.5. The third kappa shape index (κ3) is 5.58. The summed E-state index contributed by atoms with van der Waals surface area (Å²) in [7, 11) is 0. The Morgan fingerprint density at radius 2 is 1.91 bits per heavy atom. The Bertz CT molecular complexity index is 1080. The summed E-state index contributed by atoms with van der Waals surface area (Å²) in [4.78, 5) is 21.5. The summed E-state index contributed by atoms with van der Waals surface area (Å²) in [5.41, 5.74) is 2.13. The summed E-state index contributed by atoms with van der Waals surface area (Å²) in [5, 5.41) is 5.57. The van der Waals surface area contributed by atoms with Crippen LogP contribution in [0.3, 0.4) is 0 Å². The lowest BCUT2D eigenvalue weighted by Gasteiger charge is -2.34. The number of benzene rings is 2. The predicted octanol–water partition coefficient (Wildman–Crippen LogP) is 4.88. The number of anilines is 1. The summed E-state index contributed by atoms with van der Waals surface area (Å²) in [6.45, 7) is 6.92. The molecule has 1 amide bonds. The second-order valence-corrected chi connectivity index (χ2v) is 9.81. The van der Waals surface area contributed by atoms with Crippen molar-refractivity contribution in [1.82, 2.24) is 15.2 Å². The molecule has 2 aromatic carbocycles. The van der Waals surface area contributed by atoms with E-state index < -0.39 is 0 Å². The van der Waals surface area contributed by atoms with Crippen molar-refractivity contribution < 1.29 is 9.53 Å². The summed E-state index contributed by atoms with van der Waals surface area (Å²) in [6.07, 6.45) is 0. The van der Waals surface area contributed by atoms with Gasteiger partial charge >= 0.3 is 0 Å². The molecule has 1 fully saturated rings. The quantitative estimate of drug-likeness (QED) is 0.488. The van der Waals surface area contributed by atoms with Gasteiger partial charge in [0.1, 0.15) is 5.75 Å². The van der Waals surface area contributed by atoms with Crippen LogP contribution in [0.4, 0.5) is 5.13 Å².